The molecule has 0 radical (unpaired) electrons. The van der Waals surface area contributed by atoms with Gasteiger partial charge in [0, 0.05) is 23.7 Å². The third kappa shape index (κ3) is 4.81. The fourth-order valence-electron chi connectivity index (χ4n) is 4.53. The molecule has 0 amide bonds. The molecule has 36 heavy (non-hydrogen) atoms. The van der Waals surface area contributed by atoms with Gasteiger partial charge in [0.05, 0.1) is 11.1 Å². The molecule has 10 heteroatoms. The van der Waals surface area contributed by atoms with E-state index in [0.29, 0.717) is 23.2 Å². The van der Waals surface area contributed by atoms with Crippen LogP contribution in [-0.2, 0) is 9.84 Å². The average molecular weight is 506 g/mol. The Morgan fingerprint density at radius 2 is 1.81 bits per heavy atom. The molecule has 1 atom stereocenters. The summed E-state index contributed by atoms with van der Waals surface area (Å²) in [6.07, 6.45) is 7.57. The summed E-state index contributed by atoms with van der Waals surface area (Å²) < 4.78 is 33.4. The smallest absolute Gasteiger partial charge is 0.252 e. The van der Waals surface area contributed by atoms with Crippen LogP contribution < -0.4 is 15.6 Å². The number of ether oxygens (including phenoxy) is 1. The van der Waals surface area contributed by atoms with E-state index in [1.807, 2.05) is 0 Å². The third-order valence-corrected chi connectivity index (χ3v) is 8.40. The van der Waals surface area contributed by atoms with Crippen LogP contribution in [-0.4, -0.2) is 33.4 Å². The molecule has 186 valence electrons. The van der Waals surface area contributed by atoms with Crippen LogP contribution in [0.25, 0.3) is 11.0 Å². The summed E-state index contributed by atoms with van der Waals surface area (Å²) in [5.74, 6) is 1.12. The summed E-state index contributed by atoms with van der Waals surface area (Å²) in [6.45, 7) is 1.76. The number of rotatable bonds is 8. The maximum absolute atomic E-state index is 12.9. The van der Waals surface area contributed by atoms with Crippen LogP contribution in [0.2, 0.25) is 0 Å². The Morgan fingerprint density at radius 1 is 1.03 bits per heavy atom. The van der Waals surface area contributed by atoms with E-state index < -0.39 is 15.3 Å². The largest absolute Gasteiger partial charge is 0.473 e. The van der Waals surface area contributed by atoms with Crippen LogP contribution in [0.5, 0.6) is 5.75 Å². The van der Waals surface area contributed by atoms with Gasteiger partial charge >= 0.3 is 0 Å². The standard InChI is InChI=1S/C26H27N5O4S/c1-2-24(36(33,34)21-10-4-3-5-11-21)35-20-13-14-22(27-17-20)29-26-28-16-18-12-15-23(32)31(25(18)30-26)19-8-6-7-9-19/h3-5,10-17,19,24H,2,6-9H2,1H3,(H,27,28,29,30). The molecule has 0 bridgehead atoms. The van der Waals surface area contributed by atoms with Crippen LogP contribution in [0.3, 0.4) is 0 Å². The third-order valence-electron chi connectivity index (χ3n) is 6.35. The van der Waals surface area contributed by atoms with Crippen molar-refractivity contribution in [1.29, 1.82) is 0 Å². The fourth-order valence-corrected chi connectivity index (χ4v) is 6.05. The highest BCUT2D eigenvalue weighted by Crippen LogP contribution is 2.30. The Bertz CT molecular complexity index is 1520. The predicted molar refractivity (Wildman–Crippen MR) is 137 cm³/mol. The van der Waals surface area contributed by atoms with Crippen molar-refractivity contribution in [3.63, 3.8) is 0 Å². The molecule has 5 rings (SSSR count). The highest BCUT2D eigenvalue weighted by molar-refractivity contribution is 7.92. The van der Waals surface area contributed by atoms with E-state index in [-0.39, 0.29) is 22.9 Å². The number of nitrogens with zero attached hydrogens (tertiary/aromatic N) is 4. The van der Waals surface area contributed by atoms with Crippen molar-refractivity contribution in [2.24, 2.45) is 0 Å². The molecule has 0 aliphatic heterocycles. The number of anilines is 2. The minimum absolute atomic E-state index is 0.0605. The number of sulfone groups is 1. The minimum atomic E-state index is -3.66. The first kappa shape index (κ1) is 23.9. The number of hydrogen-bond donors (Lipinski definition) is 1. The second kappa shape index (κ2) is 10.1. The zero-order valence-corrected chi connectivity index (χ0v) is 20.7. The van der Waals surface area contributed by atoms with Crippen molar-refractivity contribution in [1.82, 2.24) is 19.5 Å². The molecular weight excluding hydrogens is 478 g/mol. The molecule has 9 nitrogen and oxygen atoms in total. The predicted octanol–water partition coefficient (Wildman–Crippen LogP) is 4.63. The Balaban J connectivity index is 1.35. The summed E-state index contributed by atoms with van der Waals surface area (Å²) in [5, 5.41) is 3.86. The highest BCUT2D eigenvalue weighted by Gasteiger charge is 2.28. The number of hydrogen-bond acceptors (Lipinski definition) is 8. The summed E-state index contributed by atoms with van der Waals surface area (Å²) >= 11 is 0. The van der Waals surface area contributed by atoms with Crippen LogP contribution in [0.4, 0.5) is 11.8 Å². The maximum Gasteiger partial charge on any atom is 0.252 e. The van der Waals surface area contributed by atoms with E-state index in [2.05, 4.69) is 20.3 Å². The number of fused-ring (bicyclic) bond motifs is 1. The molecule has 1 saturated carbocycles. The monoisotopic (exact) mass is 505 g/mol. The Morgan fingerprint density at radius 3 is 2.50 bits per heavy atom. The first-order valence-electron chi connectivity index (χ1n) is 12.0. The average Bonchev–Trinajstić information content (AvgIpc) is 3.43. The Hall–Kier alpha value is -3.79. The van der Waals surface area contributed by atoms with Crippen LogP contribution in [0.15, 0.2) is 76.7 Å². The van der Waals surface area contributed by atoms with Gasteiger partial charge in [0.25, 0.3) is 5.56 Å². The van der Waals surface area contributed by atoms with Gasteiger partial charge in [-0.05, 0) is 49.6 Å². The second-order valence-corrected chi connectivity index (χ2v) is 10.9. The van der Waals surface area contributed by atoms with Crippen LogP contribution in [0, 0.1) is 0 Å². The summed E-state index contributed by atoms with van der Waals surface area (Å²) in [6, 6.07) is 15.0. The molecular formula is C26H27N5O4S. The van der Waals surface area contributed by atoms with Gasteiger partial charge in [-0.2, -0.15) is 4.98 Å². The van der Waals surface area contributed by atoms with Crippen molar-refractivity contribution < 1.29 is 13.2 Å². The lowest BCUT2D eigenvalue weighted by Gasteiger charge is -2.18. The Kier molecular flexibility index (Phi) is 6.69. The number of pyridine rings is 2. The van der Waals surface area contributed by atoms with Gasteiger partial charge in [-0.25, -0.2) is 18.4 Å². The summed E-state index contributed by atoms with van der Waals surface area (Å²) in [7, 11) is -3.66. The van der Waals surface area contributed by atoms with E-state index in [0.717, 1.165) is 31.1 Å². The molecule has 0 saturated heterocycles. The minimum Gasteiger partial charge on any atom is -0.473 e. The first-order valence-corrected chi connectivity index (χ1v) is 13.6. The molecule has 0 spiro atoms. The normalized spacial score (nSPS) is 15.1. The van der Waals surface area contributed by atoms with Crippen molar-refractivity contribution in [3.8, 4) is 5.75 Å². The lowest BCUT2D eigenvalue weighted by atomic mass is 10.2. The Labute approximate surface area is 209 Å². The van der Waals surface area contributed by atoms with Gasteiger partial charge in [0.15, 0.2) is 0 Å². The zero-order valence-electron chi connectivity index (χ0n) is 19.9. The van der Waals surface area contributed by atoms with Crippen LogP contribution >= 0.6 is 0 Å². The lowest BCUT2D eigenvalue weighted by Crippen LogP contribution is -2.27. The lowest BCUT2D eigenvalue weighted by molar-refractivity contribution is 0.268. The quantitative estimate of drug-likeness (QED) is 0.368. The van der Waals surface area contributed by atoms with E-state index in [1.165, 1.54) is 6.20 Å². The molecule has 1 N–H and O–H groups in total. The molecule has 1 aliphatic rings. The molecule has 1 fully saturated rings. The molecule has 1 aromatic carbocycles. The maximum atomic E-state index is 12.9. The van der Waals surface area contributed by atoms with Crippen molar-refractivity contribution in [2.75, 3.05) is 5.32 Å². The SMILES string of the molecule is CCC(Oc1ccc(Nc2ncc3ccc(=O)n(C4CCCC4)c3n2)nc1)S(=O)(=O)c1ccccc1. The topological polar surface area (TPSA) is 116 Å². The van der Waals surface area contributed by atoms with E-state index in [4.69, 9.17) is 4.74 Å². The summed E-state index contributed by atoms with van der Waals surface area (Å²) in [5.41, 5.74) is -0.491. The summed E-state index contributed by atoms with van der Waals surface area (Å²) in [4.78, 5) is 26.1. The van der Waals surface area contributed by atoms with Gasteiger partial charge in [-0.1, -0.05) is 38.0 Å². The molecule has 3 aromatic heterocycles. The second-order valence-electron chi connectivity index (χ2n) is 8.77. The van der Waals surface area contributed by atoms with Gasteiger partial charge in [-0.3, -0.25) is 9.36 Å². The molecule has 3 heterocycles. The fraction of sp³-hybridized carbons (Fsp3) is 0.308. The molecule has 1 aliphatic carbocycles. The van der Waals surface area contributed by atoms with Gasteiger partial charge in [0.2, 0.25) is 21.2 Å². The number of benzene rings is 1. The van der Waals surface area contributed by atoms with Crippen molar-refractivity contribution in [2.45, 2.75) is 55.4 Å². The zero-order chi connectivity index (χ0) is 25.1. The van der Waals surface area contributed by atoms with Crippen LogP contribution in [0.1, 0.15) is 45.1 Å². The van der Waals surface area contributed by atoms with Crippen molar-refractivity contribution in [3.05, 3.63) is 77.3 Å². The highest BCUT2D eigenvalue weighted by atomic mass is 32.2. The molecule has 4 aromatic rings. The number of aromatic nitrogens is 4. The van der Waals surface area contributed by atoms with Gasteiger partial charge in [0.1, 0.15) is 17.2 Å². The number of nitrogens with one attached hydrogen (secondary N) is 1. The van der Waals surface area contributed by atoms with E-state index >= 15 is 0 Å². The first-order chi connectivity index (χ1) is 17.5. The van der Waals surface area contributed by atoms with Gasteiger partial charge in [-0.15, -0.1) is 0 Å². The molecule has 1 unspecified atom stereocenters. The van der Waals surface area contributed by atoms with Crippen molar-refractivity contribution >= 4 is 32.6 Å². The van der Waals surface area contributed by atoms with E-state index in [9.17, 15) is 13.2 Å². The van der Waals surface area contributed by atoms with E-state index in [1.54, 1.807) is 72.3 Å². The van der Waals surface area contributed by atoms with Gasteiger partial charge < -0.3 is 10.1 Å².